The van der Waals surface area contributed by atoms with Crippen LogP contribution in [0.2, 0.25) is 0 Å². The van der Waals surface area contributed by atoms with E-state index in [1.54, 1.807) is 18.2 Å². The van der Waals surface area contributed by atoms with Gasteiger partial charge in [0, 0.05) is 12.2 Å². The summed E-state index contributed by atoms with van der Waals surface area (Å²) in [6.45, 7) is 4.77. The first-order valence-electron chi connectivity index (χ1n) is 6.52. The molecule has 0 aliphatic carbocycles. The number of hydrogen-bond acceptors (Lipinski definition) is 4. The number of benzene rings is 1. The highest BCUT2D eigenvalue weighted by Gasteiger charge is 2.13. The number of nitrogens with one attached hydrogen (secondary N) is 1. The SMILES string of the molecule is COc1ccc(N)c(S(=O)CC(=O)NCCC(C)C)c1. The van der Waals surface area contributed by atoms with E-state index >= 15 is 0 Å². The lowest BCUT2D eigenvalue weighted by Gasteiger charge is -2.09. The standard InChI is InChI=1S/C14H22N2O3S/c1-10(2)6-7-16-14(17)9-20(18)13-8-11(19-3)4-5-12(13)15/h4-5,8,10H,6-7,9,15H2,1-3H3,(H,16,17). The van der Waals surface area contributed by atoms with Gasteiger partial charge in [-0.1, -0.05) is 13.8 Å². The smallest absolute Gasteiger partial charge is 0.233 e. The predicted octanol–water partition coefficient (Wildman–Crippen LogP) is 1.55. The molecule has 1 unspecified atom stereocenters. The molecule has 20 heavy (non-hydrogen) atoms. The summed E-state index contributed by atoms with van der Waals surface area (Å²) in [5, 5.41) is 2.76. The molecule has 0 radical (unpaired) electrons. The van der Waals surface area contributed by atoms with Gasteiger partial charge < -0.3 is 15.8 Å². The third-order valence-corrected chi connectivity index (χ3v) is 4.14. The molecule has 0 aliphatic rings. The minimum atomic E-state index is -1.47. The molecule has 0 fully saturated rings. The van der Waals surface area contributed by atoms with Gasteiger partial charge in [0.1, 0.15) is 11.5 Å². The Morgan fingerprint density at radius 3 is 2.75 bits per heavy atom. The summed E-state index contributed by atoms with van der Waals surface area (Å²) < 4.78 is 17.2. The number of nitrogen functional groups attached to an aromatic ring is 1. The van der Waals surface area contributed by atoms with Crippen molar-refractivity contribution in [3.8, 4) is 5.75 Å². The van der Waals surface area contributed by atoms with Crippen LogP contribution in [0.5, 0.6) is 5.75 Å². The van der Waals surface area contributed by atoms with E-state index in [1.165, 1.54) is 7.11 Å². The molecule has 0 heterocycles. The molecule has 0 saturated carbocycles. The molecule has 1 atom stereocenters. The largest absolute Gasteiger partial charge is 0.497 e. The van der Waals surface area contributed by atoms with E-state index in [2.05, 4.69) is 19.2 Å². The minimum Gasteiger partial charge on any atom is -0.497 e. The van der Waals surface area contributed by atoms with E-state index in [0.717, 1.165) is 6.42 Å². The Hall–Kier alpha value is -1.56. The van der Waals surface area contributed by atoms with Crippen molar-refractivity contribution in [3.63, 3.8) is 0 Å². The van der Waals surface area contributed by atoms with Crippen LogP contribution in [0.1, 0.15) is 20.3 Å². The van der Waals surface area contributed by atoms with Crippen LogP contribution in [-0.2, 0) is 15.6 Å². The lowest BCUT2D eigenvalue weighted by atomic mass is 10.1. The van der Waals surface area contributed by atoms with Gasteiger partial charge in [-0.05, 0) is 30.5 Å². The van der Waals surface area contributed by atoms with E-state index in [-0.39, 0.29) is 11.7 Å². The van der Waals surface area contributed by atoms with Crippen LogP contribution in [-0.4, -0.2) is 29.5 Å². The van der Waals surface area contributed by atoms with Gasteiger partial charge in [-0.3, -0.25) is 9.00 Å². The molecule has 1 rings (SSSR count). The van der Waals surface area contributed by atoms with E-state index in [1.807, 2.05) is 0 Å². The lowest BCUT2D eigenvalue weighted by Crippen LogP contribution is -2.29. The summed E-state index contributed by atoms with van der Waals surface area (Å²) >= 11 is 0. The molecular formula is C14H22N2O3S. The molecule has 5 nitrogen and oxygen atoms in total. The fourth-order valence-corrected chi connectivity index (χ4v) is 2.66. The molecule has 0 aliphatic heterocycles. The first kappa shape index (κ1) is 16.5. The van der Waals surface area contributed by atoms with Crippen molar-refractivity contribution in [2.45, 2.75) is 25.2 Å². The highest BCUT2D eigenvalue weighted by Crippen LogP contribution is 2.22. The quantitative estimate of drug-likeness (QED) is 0.748. The highest BCUT2D eigenvalue weighted by atomic mass is 32.2. The number of ether oxygens (including phenoxy) is 1. The van der Waals surface area contributed by atoms with Crippen LogP contribution in [0.25, 0.3) is 0 Å². The monoisotopic (exact) mass is 298 g/mol. The van der Waals surface area contributed by atoms with Crippen molar-refractivity contribution >= 4 is 22.4 Å². The minimum absolute atomic E-state index is 0.0878. The number of carbonyl (C=O) groups excluding carboxylic acids is 1. The maximum Gasteiger partial charge on any atom is 0.233 e. The summed E-state index contributed by atoms with van der Waals surface area (Å²) in [6, 6.07) is 4.92. The van der Waals surface area contributed by atoms with Crippen LogP contribution in [0.4, 0.5) is 5.69 Å². The Morgan fingerprint density at radius 2 is 2.15 bits per heavy atom. The second-order valence-corrected chi connectivity index (χ2v) is 6.35. The number of carbonyl (C=O) groups is 1. The molecule has 0 aromatic heterocycles. The normalized spacial score (nSPS) is 12.2. The third-order valence-electron chi connectivity index (χ3n) is 2.77. The average molecular weight is 298 g/mol. The predicted molar refractivity (Wildman–Crippen MR) is 81.1 cm³/mol. The molecule has 0 spiro atoms. The van der Waals surface area contributed by atoms with Gasteiger partial charge in [-0.15, -0.1) is 0 Å². The van der Waals surface area contributed by atoms with E-state index in [0.29, 0.717) is 28.8 Å². The van der Waals surface area contributed by atoms with Gasteiger partial charge in [-0.2, -0.15) is 0 Å². The van der Waals surface area contributed by atoms with Gasteiger partial charge in [-0.25, -0.2) is 0 Å². The second kappa shape index (κ2) is 7.89. The zero-order valence-electron chi connectivity index (χ0n) is 12.1. The van der Waals surface area contributed by atoms with E-state index < -0.39 is 10.8 Å². The number of nitrogens with two attached hydrogens (primary N) is 1. The fraction of sp³-hybridized carbons (Fsp3) is 0.500. The first-order valence-corrected chi connectivity index (χ1v) is 7.84. The molecule has 1 aromatic rings. The van der Waals surface area contributed by atoms with Crippen LogP contribution < -0.4 is 15.8 Å². The van der Waals surface area contributed by atoms with Crippen molar-refractivity contribution in [1.29, 1.82) is 0 Å². The Labute approximate surface area is 122 Å². The summed E-state index contributed by atoms with van der Waals surface area (Å²) in [5.74, 6) is 0.777. The van der Waals surface area contributed by atoms with Crippen LogP contribution >= 0.6 is 0 Å². The van der Waals surface area contributed by atoms with Crippen LogP contribution in [0, 0.1) is 5.92 Å². The maximum absolute atomic E-state index is 12.2. The summed E-state index contributed by atoms with van der Waals surface area (Å²) in [5.41, 5.74) is 6.18. The third kappa shape index (κ3) is 5.21. The molecule has 112 valence electrons. The fourth-order valence-electron chi connectivity index (χ4n) is 1.59. The Morgan fingerprint density at radius 1 is 1.45 bits per heavy atom. The summed E-state index contributed by atoms with van der Waals surface area (Å²) in [7, 11) is 0.0565. The Balaban J connectivity index is 2.60. The molecular weight excluding hydrogens is 276 g/mol. The van der Waals surface area contributed by atoms with Crippen LogP contribution in [0.3, 0.4) is 0 Å². The second-order valence-electron chi connectivity index (χ2n) is 4.93. The molecule has 6 heteroatoms. The number of rotatable bonds is 7. The summed E-state index contributed by atoms with van der Waals surface area (Å²) in [4.78, 5) is 12.1. The Bertz CT molecular complexity index is 489. The van der Waals surface area contributed by atoms with Gasteiger partial charge in [0.25, 0.3) is 0 Å². The van der Waals surface area contributed by atoms with Gasteiger partial charge >= 0.3 is 0 Å². The molecule has 1 aromatic carbocycles. The maximum atomic E-state index is 12.2. The van der Waals surface area contributed by atoms with Crippen molar-refractivity contribution in [2.75, 3.05) is 25.1 Å². The topological polar surface area (TPSA) is 81.4 Å². The molecule has 0 bridgehead atoms. The number of hydrogen-bond donors (Lipinski definition) is 2. The van der Waals surface area contributed by atoms with Crippen molar-refractivity contribution < 1.29 is 13.7 Å². The van der Waals surface area contributed by atoms with Gasteiger partial charge in [0.05, 0.1) is 22.8 Å². The van der Waals surface area contributed by atoms with Crippen LogP contribution in [0.15, 0.2) is 23.1 Å². The first-order chi connectivity index (χ1) is 9.43. The zero-order chi connectivity index (χ0) is 15.1. The number of methoxy groups -OCH3 is 1. The number of anilines is 1. The van der Waals surface area contributed by atoms with Crippen molar-refractivity contribution in [2.24, 2.45) is 5.92 Å². The summed E-state index contributed by atoms with van der Waals surface area (Å²) in [6.07, 6.45) is 0.902. The van der Waals surface area contributed by atoms with E-state index in [9.17, 15) is 9.00 Å². The van der Waals surface area contributed by atoms with Crippen molar-refractivity contribution in [1.82, 2.24) is 5.32 Å². The molecule has 1 amide bonds. The van der Waals surface area contributed by atoms with Crippen molar-refractivity contribution in [3.05, 3.63) is 18.2 Å². The number of amides is 1. The molecule has 0 saturated heterocycles. The van der Waals surface area contributed by atoms with E-state index in [4.69, 9.17) is 10.5 Å². The zero-order valence-corrected chi connectivity index (χ0v) is 13.0. The molecule has 3 N–H and O–H groups in total. The highest BCUT2D eigenvalue weighted by molar-refractivity contribution is 7.86. The lowest BCUT2D eigenvalue weighted by molar-refractivity contribution is -0.118. The Kier molecular flexibility index (Phi) is 6.51. The average Bonchev–Trinajstić information content (AvgIpc) is 2.38. The van der Waals surface area contributed by atoms with Gasteiger partial charge in [0.2, 0.25) is 5.91 Å². The van der Waals surface area contributed by atoms with Gasteiger partial charge in [0.15, 0.2) is 0 Å².